The lowest BCUT2D eigenvalue weighted by atomic mass is 9.66. The van der Waals surface area contributed by atoms with Crippen molar-refractivity contribution in [1.82, 2.24) is 9.80 Å². The predicted octanol–water partition coefficient (Wildman–Crippen LogP) is 5.07. The number of halogens is 1. The Morgan fingerprint density at radius 3 is 2.26 bits per heavy atom. The monoisotopic (exact) mass is 471 g/mol. The Kier molecular flexibility index (Phi) is 6.61. The Bertz CT molecular complexity index is 1160. The van der Waals surface area contributed by atoms with Crippen LogP contribution in [0.2, 0.25) is 0 Å². The van der Waals surface area contributed by atoms with Crippen molar-refractivity contribution >= 4 is 11.6 Å². The van der Waals surface area contributed by atoms with Gasteiger partial charge in [-0.15, -0.1) is 0 Å². The zero-order valence-electron chi connectivity index (χ0n) is 20.7. The third-order valence-corrected chi connectivity index (χ3v) is 7.90. The van der Waals surface area contributed by atoms with Gasteiger partial charge >= 0.3 is 0 Å². The van der Waals surface area contributed by atoms with Crippen LogP contribution in [0.4, 0.5) is 10.1 Å². The lowest BCUT2D eigenvalue weighted by Crippen LogP contribution is -2.54. The summed E-state index contributed by atoms with van der Waals surface area (Å²) in [6.07, 6.45) is 0.939. The van der Waals surface area contributed by atoms with E-state index in [1.54, 1.807) is 6.92 Å². The van der Waals surface area contributed by atoms with Gasteiger partial charge in [-0.2, -0.15) is 0 Å². The van der Waals surface area contributed by atoms with Crippen molar-refractivity contribution in [1.29, 1.82) is 0 Å². The average molecular weight is 472 g/mol. The molecular formula is C30H34FN3O. The molecular weight excluding hydrogens is 437 g/mol. The maximum Gasteiger partial charge on any atom is 0.219 e. The van der Waals surface area contributed by atoms with E-state index in [0.717, 1.165) is 38.3 Å². The van der Waals surface area contributed by atoms with Gasteiger partial charge in [0.2, 0.25) is 5.91 Å². The van der Waals surface area contributed by atoms with Crippen molar-refractivity contribution in [3.05, 3.63) is 101 Å². The number of fused-ring (bicyclic) bond motifs is 1. The molecule has 2 unspecified atom stereocenters. The standard InChI is InChI=1S/C30H34FN3O/c1-23(32-16-18-33(19-17-32)28-14-12-27(31)13-15-28)20-30(26-9-4-3-5-10-26)22-34(24(2)35)21-25-8-6-7-11-29(25)30/h3-15,23H,16-22H2,1-2H3. The molecule has 4 nitrogen and oxygen atoms in total. The number of amides is 1. The molecule has 0 aromatic heterocycles. The van der Waals surface area contributed by atoms with Gasteiger partial charge in [-0.1, -0.05) is 54.6 Å². The lowest BCUT2D eigenvalue weighted by molar-refractivity contribution is -0.130. The minimum Gasteiger partial charge on any atom is -0.369 e. The molecule has 2 atom stereocenters. The Morgan fingerprint density at radius 2 is 1.57 bits per heavy atom. The number of carbonyl (C=O) groups excluding carboxylic acids is 1. The molecule has 1 amide bonds. The topological polar surface area (TPSA) is 26.8 Å². The Morgan fingerprint density at radius 1 is 0.914 bits per heavy atom. The Hall–Kier alpha value is -3.18. The number of benzene rings is 3. The van der Waals surface area contributed by atoms with Crippen molar-refractivity contribution in [2.45, 2.75) is 38.3 Å². The summed E-state index contributed by atoms with van der Waals surface area (Å²) in [6.45, 7) is 9.14. The molecule has 5 heteroatoms. The first-order chi connectivity index (χ1) is 17.0. The largest absolute Gasteiger partial charge is 0.369 e. The van der Waals surface area contributed by atoms with E-state index >= 15 is 0 Å². The minimum atomic E-state index is -0.255. The van der Waals surface area contributed by atoms with E-state index < -0.39 is 0 Å². The number of carbonyl (C=O) groups is 1. The minimum absolute atomic E-state index is 0.125. The van der Waals surface area contributed by atoms with Gasteiger partial charge in [0.15, 0.2) is 0 Å². The summed E-state index contributed by atoms with van der Waals surface area (Å²) in [5, 5.41) is 0. The van der Waals surface area contributed by atoms with Crippen LogP contribution in [0, 0.1) is 5.82 Å². The molecule has 2 aliphatic rings. The quantitative estimate of drug-likeness (QED) is 0.520. The number of hydrogen-bond donors (Lipinski definition) is 0. The molecule has 3 aromatic rings. The summed E-state index contributed by atoms with van der Waals surface area (Å²) in [6, 6.07) is 26.5. The highest BCUT2D eigenvalue weighted by Crippen LogP contribution is 2.43. The van der Waals surface area contributed by atoms with E-state index in [1.807, 2.05) is 17.0 Å². The van der Waals surface area contributed by atoms with Crippen LogP contribution in [0.5, 0.6) is 0 Å². The molecule has 35 heavy (non-hydrogen) atoms. The summed E-state index contributed by atoms with van der Waals surface area (Å²) in [4.78, 5) is 19.5. The molecule has 2 aliphatic heterocycles. The molecule has 0 aliphatic carbocycles. The molecule has 0 saturated carbocycles. The van der Waals surface area contributed by atoms with Gasteiger partial charge < -0.3 is 9.80 Å². The van der Waals surface area contributed by atoms with Gasteiger partial charge in [0.1, 0.15) is 5.82 Å². The molecule has 5 rings (SSSR count). The SMILES string of the molecule is CC(=O)N1Cc2ccccc2C(CC(C)N2CCN(c3ccc(F)cc3)CC2)(c2ccccc2)C1. The number of anilines is 1. The summed E-state index contributed by atoms with van der Waals surface area (Å²) >= 11 is 0. The van der Waals surface area contributed by atoms with Gasteiger partial charge in [-0.3, -0.25) is 9.69 Å². The predicted molar refractivity (Wildman–Crippen MR) is 139 cm³/mol. The zero-order valence-corrected chi connectivity index (χ0v) is 20.7. The van der Waals surface area contributed by atoms with E-state index in [1.165, 1.54) is 28.8 Å². The normalized spacial score (nSPS) is 21.5. The molecule has 0 spiro atoms. The molecule has 182 valence electrons. The van der Waals surface area contributed by atoms with Crippen molar-refractivity contribution < 1.29 is 9.18 Å². The summed E-state index contributed by atoms with van der Waals surface area (Å²) < 4.78 is 13.4. The fourth-order valence-corrected chi connectivity index (χ4v) is 6.02. The molecule has 0 bridgehead atoms. The molecule has 1 saturated heterocycles. The van der Waals surface area contributed by atoms with E-state index in [2.05, 4.69) is 71.3 Å². The van der Waals surface area contributed by atoms with Crippen LogP contribution < -0.4 is 4.90 Å². The summed E-state index contributed by atoms with van der Waals surface area (Å²) in [7, 11) is 0. The number of piperazine rings is 1. The smallest absolute Gasteiger partial charge is 0.219 e. The van der Waals surface area contributed by atoms with E-state index in [0.29, 0.717) is 19.1 Å². The first kappa shape index (κ1) is 23.6. The Labute approximate surface area is 208 Å². The van der Waals surface area contributed by atoms with E-state index in [9.17, 15) is 9.18 Å². The van der Waals surface area contributed by atoms with Crippen molar-refractivity contribution in [3.63, 3.8) is 0 Å². The van der Waals surface area contributed by atoms with Crippen LogP contribution in [0.3, 0.4) is 0 Å². The van der Waals surface area contributed by atoms with Gasteiger partial charge in [-0.25, -0.2) is 4.39 Å². The maximum absolute atomic E-state index is 13.4. The Balaban J connectivity index is 1.41. The first-order valence-electron chi connectivity index (χ1n) is 12.6. The van der Waals surface area contributed by atoms with Gasteiger partial charge in [0, 0.05) is 63.3 Å². The third-order valence-electron chi connectivity index (χ3n) is 7.90. The van der Waals surface area contributed by atoms with Crippen molar-refractivity contribution in [3.8, 4) is 0 Å². The highest BCUT2D eigenvalue weighted by molar-refractivity contribution is 5.74. The van der Waals surface area contributed by atoms with Crippen LogP contribution >= 0.6 is 0 Å². The van der Waals surface area contributed by atoms with Crippen LogP contribution in [0.1, 0.15) is 37.0 Å². The molecule has 0 radical (unpaired) electrons. The number of rotatable bonds is 5. The van der Waals surface area contributed by atoms with Gasteiger partial charge in [0.25, 0.3) is 0 Å². The van der Waals surface area contributed by atoms with Gasteiger partial charge in [-0.05, 0) is 54.3 Å². The molecule has 1 fully saturated rings. The number of nitrogens with zero attached hydrogens (tertiary/aromatic N) is 3. The highest BCUT2D eigenvalue weighted by atomic mass is 19.1. The van der Waals surface area contributed by atoms with Crippen LogP contribution in [0.15, 0.2) is 78.9 Å². The second-order valence-electron chi connectivity index (χ2n) is 10.0. The second-order valence-corrected chi connectivity index (χ2v) is 10.0. The van der Waals surface area contributed by atoms with E-state index in [-0.39, 0.29) is 17.1 Å². The number of hydrogen-bond acceptors (Lipinski definition) is 3. The zero-order chi connectivity index (χ0) is 24.4. The highest BCUT2D eigenvalue weighted by Gasteiger charge is 2.43. The van der Waals surface area contributed by atoms with E-state index in [4.69, 9.17) is 0 Å². The average Bonchev–Trinajstić information content (AvgIpc) is 2.89. The van der Waals surface area contributed by atoms with Crippen LogP contribution in [-0.2, 0) is 16.8 Å². The van der Waals surface area contributed by atoms with Crippen molar-refractivity contribution in [2.75, 3.05) is 37.6 Å². The summed E-state index contributed by atoms with van der Waals surface area (Å²) in [5.41, 5.74) is 4.69. The molecule has 0 N–H and O–H groups in total. The third kappa shape index (κ3) is 4.70. The molecule has 3 aromatic carbocycles. The maximum atomic E-state index is 13.4. The van der Waals surface area contributed by atoms with Crippen molar-refractivity contribution in [2.24, 2.45) is 0 Å². The van der Waals surface area contributed by atoms with Crippen LogP contribution in [0.25, 0.3) is 0 Å². The summed E-state index contributed by atoms with van der Waals surface area (Å²) in [5.74, 6) is -0.0695. The van der Waals surface area contributed by atoms with Crippen LogP contribution in [-0.4, -0.2) is 54.5 Å². The fraction of sp³-hybridized carbons (Fsp3) is 0.367. The molecule has 2 heterocycles. The van der Waals surface area contributed by atoms with Gasteiger partial charge in [0.05, 0.1) is 0 Å². The lowest BCUT2D eigenvalue weighted by Gasteiger charge is -2.48. The first-order valence-corrected chi connectivity index (χ1v) is 12.6. The fourth-order valence-electron chi connectivity index (χ4n) is 6.02. The second kappa shape index (κ2) is 9.82.